The molecule has 1 fully saturated rings. The highest BCUT2D eigenvalue weighted by Gasteiger charge is 2.36. The number of ether oxygens (including phenoxy) is 2. The first-order valence-corrected chi connectivity index (χ1v) is 10.8. The van der Waals surface area contributed by atoms with Crippen LogP contribution in [0.5, 0.6) is 0 Å². The molecule has 1 aromatic heterocycles. The van der Waals surface area contributed by atoms with E-state index in [9.17, 15) is 14.4 Å². The van der Waals surface area contributed by atoms with Crippen LogP contribution >= 0.6 is 11.3 Å². The third kappa shape index (κ3) is 5.16. The van der Waals surface area contributed by atoms with E-state index in [-0.39, 0.29) is 24.5 Å². The van der Waals surface area contributed by atoms with Crippen LogP contribution in [0.1, 0.15) is 37.6 Å². The van der Waals surface area contributed by atoms with Crippen molar-refractivity contribution in [2.75, 3.05) is 32.8 Å². The molecule has 2 unspecified atom stereocenters. The molecular weight excluding hydrogens is 394 g/mol. The SMILES string of the molecule is CCOC(=O)C1=C(CN2CCCC(C(=O)OCC)C2)NC(=O)NC1c1cccs1. The van der Waals surface area contributed by atoms with Gasteiger partial charge in [0, 0.05) is 23.7 Å². The molecular formula is C20H27N3O5S. The first-order valence-electron chi connectivity index (χ1n) is 9.93. The predicted octanol–water partition coefficient (Wildman–Crippen LogP) is 2.19. The lowest BCUT2D eigenvalue weighted by atomic mass is 9.96. The number of rotatable bonds is 7. The number of carbonyl (C=O) groups excluding carboxylic acids is 3. The molecule has 1 saturated heterocycles. The highest BCUT2D eigenvalue weighted by Crippen LogP contribution is 2.31. The molecule has 0 aliphatic carbocycles. The van der Waals surface area contributed by atoms with Crippen LogP contribution in [-0.4, -0.2) is 55.7 Å². The van der Waals surface area contributed by atoms with Crippen LogP contribution in [0.3, 0.4) is 0 Å². The van der Waals surface area contributed by atoms with E-state index in [1.54, 1.807) is 13.8 Å². The summed E-state index contributed by atoms with van der Waals surface area (Å²) >= 11 is 1.47. The van der Waals surface area contributed by atoms with Crippen molar-refractivity contribution < 1.29 is 23.9 Å². The third-order valence-electron chi connectivity index (χ3n) is 4.98. The molecule has 3 rings (SSSR count). The Morgan fingerprint density at radius 3 is 2.76 bits per heavy atom. The summed E-state index contributed by atoms with van der Waals surface area (Å²) in [6.07, 6.45) is 1.64. The van der Waals surface area contributed by atoms with Crippen molar-refractivity contribution in [2.24, 2.45) is 5.92 Å². The number of amides is 2. The lowest BCUT2D eigenvalue weighted by Gasteiger charge is -2.35. The first kappa shape index (κ1) is 21.3. The number of thiophene rings is 1. The standard InChI is InChI=1S/C20H27N3O5S/c1-3-27-18(24)13-7-5-9-23(11-13)12-14-16(19(25)28-4-2)17(22-20(26)21-14)15-8-6-10-29-15/h6,8,10,13,17H,3-5,7,9,11-12H2,1-2H3,(H2,21,22,26). The topological polar surface area (TPSA) is 97.0 Å². The molecule has 158 valence electrons. The zero-order valence-electron chi connectivity index (χ0n) is 16.7. The van der Waals surface area contributed by atoms with Crippen LogP contribution in [0.4, 0.5) is 4.79 Å². The largest absolute Gasteiger partial charge is 0.466 e. The van der Waals surface area contributed by atoms with Crippen molar-refractivity contribution >= 4 is 29.3 Å². The normalized spacial score (nSPS) is 22.6. The van der Waals surface area contributed by atoms with Gasteiger partial charge in [-0.1, -0.05) is 6.07 Å². The predicted molar refractivity (Wildman–Crippen MR) is 108 cm³/mol. The second-order valence-corrected chi connectivity index (χ2v) is 7.97. The van der Waals surface area contributed by atoms with Crippen molar-refractivity contribution in [3.05, 3.63) is 33.7 Å². The number of esters is 2. The average Bonchev–Trinajstić information content (AvgIpc) is 3.23. The second kappa shape index (κ2) is 9.89. The van der Waals surface area contributed by atoms with E-state index in [4.69, 9.17) is 9.47 Å². The fourth-order valence-corrected chi connectivity index (χ4v) is 4.52. The van der Waals surface area contributed by atoms with Gasteiger partial charge in [-0.15, -0.1) is 11.3 Å². The van der Waals surface area contributed by atoms with Crippen LogP contribution in [0.25, 0.3) is 0 Å². The van der Waals surface area contributed by atoms with Crippen LogP contribution in [0, 0.1) is 5.92 Å². The summed E-state index contributed by atoms with van der Waals surface area (Å²) in [5, 5.41) is 7.52. The van der Waals surface area contributed by atoms with E-state index in [0.29, 0.717) is 31.0 Å². The van der Waals surface area contributed by atoms with Gasteiger partial charge in [-0.25, -0.2) is 9.59 Å². The summed E-state index contributed by atoms with van der Waals surface area (Å²) in [6, 6.07) is 2.86. The molecule has 3 heterocycles. The smallest absolute Gasteiger partial charge is 0.338 e. The Labute approximate surface area is 174 Å². The van der Waals surface area contributed by atoms with E-state index < -0.39 is 12.0 Å². The molecule has 2 N–H and O–H groups in total. The van der Waals surface area contributed by atoms with Crippen molar-refractivity contribution in [3.63, 3.8) is 0 Å². The van der Waals surface area contributed by atoms with Crippen molar-refractivity contribution in [3.8, 4) is 0 Å². The zero-order chi connectivity index (χ0) is 20.8. The highest BCUT2D eigenvalue weighted by molar-refractivity contribution is 7.10. The number of likely N-dealkylation sites (tertiary alicyclic amines) is 1. The van der Waals surface area contributed by atoms with Gasteiger partial charge in [-0.3, -0.25) is 9.69 Å². The lowest BCUT2D eigenvalue weighted by Crippen LogP contribution is -2.49. The van der Waals surface area contributed by atoms with Crippen molar-refractivity contribution in [1.82, 2.24) is 15.5 Å². The maximum Gasteiger partial charge on any atom is 0.338 e. The molecule has 0 saturated carbocycles. The van der Waals surface area contributed by atoms with Gasteiger partial charge in [-0.2, -0.15) is 0 Å². The van der Waals surface area contributed by atoms with E-state index in [1.807, 2.05) is 17.5 Å². The minimum absolute atomic E-state index is 0.192. The zero-order valence-corrected chi connectivity index (χ0v) is 17.5. The molecule has 2 aliphatic rings. The number of hydrogen-bond acceptors (Lipinski definition) is 7. The summed E-state index contributed by atoms with van der Waals surface area (Å²) in [5.74, 6) is -0.837. The summed E-state index contributed by atoms with van der Waals surface area (Å²) in [4.78, 5) is 40.2. The average molecular weight is 422 g/mol. The summed E-state index contributed by atoms with van der Waals surface area (Å²) in [7, 11) is 0. The second-order valence-electron chi connectivity index (χ2n) is 6.99. The van der Waals surface area contributed by atoms with Gasteiger partial charge in [0.15, 0.2) is 0 Å². The van der Waals surface area contributed by atoms with Gasteiger partial charge in [0.2, 0.25) is 0 Å². The minimum atomic E-state index is -0.552. The Morgan fingerprint density at radius 2 is 2.07 bits per heavy atom. The Bertz CT molecular complexity index is 777. The quantitative estimate of drug-likeness (QED) is 0.655. The van der Waals surface area contributed by atoms with Crippen LogP contribution in [0.15, 0.2) is 28.8 Å². The molecule has 0 spiro atoms. The fourth-order valence-electron chi connectivity index (χ4n) is 3.74. The number of nitrogens with zero attached hydrogens (tertiary/aromatic N) is 1. The molecule has 1 aromatic rings. The summed E-state index contributed by atoms with van der Waals surface area (Å²) in [6.45, 7) is 5.83. The fraction of sp³-hybridized carbons (Fsp3) is 0.550. The maximum atomic E-state index is 12.8. The van der Waals surface area contributed by atoms with Crippen molar-refractivity contribution in [2.45, 2.75) is 32.7 Å². The molecule has 2 aliphatic heterocycles. The molecule has 2 atom stereocenters. The van der Waals surface area contributed by atoms with E-state index in [0.717, 1.165) is 24.3 Å². The number of piperidine rings is 1. The Kier molecular flexibility index (Phi) is 7.27. The van der Waals surface area contributed by atoms with Gasteiger partial charge in [0.05, 0.1) is 30.7 Å². The maximum absolute atomic E-state index is 12.8. The molecule has 9 heteroatoms. The third-order valence-corrected chi connectivity index (χ3v) is 5.92. The van der Waals surface area contributed by atoms with Gasteiger partial charge in [-0.05, 0) is 44.7 Å². The number of carbonyl (C=O) groups is 3. The highest BCUT2D eigenvalue weighted by atomic mass is 32.1. The number of nitrogens with one attached hydrogen (secondary N) is 2. The molecule has 2 amide bonds. The summed E-state index contributed by atoms with van der Waals surface area (Å²) < 4.78 is 10.4. The minimum Gasteiger partial charge on any atom is -0.466 e. The van der Waals surface area contributed by atoms with E-state index in [1.165, 1.54) is 11.3 Å². The van der Waals surface area contributed by atoms with E-state index in [2.05, 4.69) is 15.5 Å². The molecule has 29 heavy (non-hydrogen) atoms. The van der Waals surface area contributed by atoms with E-state index >= 15 is 0 Å². The molecule has 0 bridgehead atoms. The monoisotopic (exact) mass is 421 g/mol. The van der Waals surface area contributed by atoms with Crippen LogP contribution < -0.4 is 10.6 Å². The lowest BCUT2D eigenvalue weighted by molar-refractivity contribution is -0.150. The summed E-state index contributed by atoms with van der Waals surface area (Å²) in [5.41, 5.74) is 0.933. The van der Waals surface area contributed by atoms with Crippen LogP contribution in [0.2, 0.25) is 0 Å². The Morgan fingerprint density at radius 1 is 1.28 bits per heavy atom. The first-order chi connectivity index (χ1) is 14.0. The van der Waals surface area contributed by atoms with Gasteiger partial charge in [0.1, 0.15) is 0 Å². The van der Waals surface area contributed by atoms with Crippen LogP contribution in [-0.2, 0) is 19.1 Å². The Balaban J connectivity index is 1.86. The number of hydrogen-bond donors (Lipinski definition) is 2. The molecule has 0 aromatic carbocycles. The Hall–Kier alpha value is -2.39. The van der Waals surface area contributed by atoms with Gasteiger partial charge >= 0.3 is 18.0 Å². The number of urea groups is 1. The molecule has 8 nitrogen and oxygen atoms in total. The van der Waals surface area contributed by atoms with Gasteiger partial charge in [0.25, 0.3) is 0 Å². The van der Waals surface area contributed by atoms with Gasteiger partial charge < -0.3 is 20.1 Å². The van der Waals surface area contributed by atoms with Crippen molar-refractivity contribution in [1.29, 1.82) is 0 Å². The molecule has 0 radical (unpaired) electrons.